The Hall–Kier alpha value is -1.59. The van der Waals surface area contributed by atoms with Crippen molar-refractivity contribution in [3.63, 3.8) is 0 Å². The highest BCUT2D eigenvalue weighted by Crippen LogP contribution is 2.50. The highest BCUT2D eigenvalue weighted by atomic mass is 35.5. The Morgan fingerprint density at radius 2 is 2.00 bits per heavy atom. The highest BCUT2D eigenvalue weighted by molar-refractivity contribution is 5.85. The van der Waals surface area contributed by atoms with E-state index in [0.717, 1.165) is 12.4 Å². The van der Waals surface area contributed by atoms with Crippen molar-refractivity contribution in [1.82, 2.24) is 10.1 Å². The van der Waals surface area contributed by atoms with E-state index in [1.54, 1.807) is 0 Å². The monoisotopic (exact) mass is 320 g/mol. The van der Waals surface area contributed by atoms with Gasteiger partial charge in [0.15, 0.2) is 5.82 Å². The summed E-state index contributed by atoms with van der Waals surface area (Å²) in [5.41, 5.74) is 8.71. The zero-order valence-corrected chi connectivity index (χ0v) is 13.3. The minimum atomic E-state index is 0. The lowest BCUT2D eigenvalue weighted by atomic mass is 9.81. The van der Waals surface area contributed by atoms with E-state index in [2.05, 4.69) is 39.3 Å². The van der Waals surface area contributed by atoms with Gasteiger partial charge in [0, 0.05) is 17.6 Å². The lowest BCUT2D eigenvalue weighted by Gasteiger charge is -2.25. The summed E-state index contributed by atoms with van der Waals surface area (Å²) >= 11 is 0. The summed E-state index contributed by atoms with van der Waals surface area (Å²) in [6, 6.07) is 8.78. The Bertz CT molecular complexity index is 651. The molecule has 2 aromatic rings. The summed E-state index contributed by atoms with van der Waals surface area (Å²) in [6.45, 7) is 2.06. The zero-order chi connectivity index (χ0) is 14.3. The van der Waals surface area contributed by atoms with Gasteiger partial charge in [-0.15, -0.1) is 12.4 Å². The molecule has 1 saturated carbocycles. The van der Waals surface area contributed by atoms with Gasteiger partial charge in [0.1, 0.15) is 0 Å². The minimum Gasteiger partial charge on any atom is -0.363 e. The molecule has 1 aromatic carbocycles. The number of benzene rings is 1. The van der Waals surface area contributed by atoms with Crippen LogP contribution in [0, 0.1) is 0 Å². The van der Waals surface area contributed by atoms with Crippen LogP contribution in [-0.2, 0) is 18.5 Å². The topological polar surface area (TPSA) is 68.2 Å². The largest absolute Gasteiger partial charge is 0.363 e. The molecule has 1 spiro atoms. The summed E-state index contributed by atoms with van der Waals surface area (Å²) in [5, 5.41) is 4.03. The van der Waals surface area contributed by atoms with Crippen LogP contribution < -0.4 is 10.6 Å². The Labute approximate surface area is 136 Å². The standard InChI is InChI=1S/C16H20N4O.ClH/c17-9-15-18-14(19-21-15)10-20-11-16(7-3-4-8-16)12-5-1-2-6-13(12)20;/h1-2,5-6H,3-4,7-11,17H2;1H. The van der Waals surface area contributed by atoms with Gasteiger partial charge in [-0.3, -0.25) is 0 Å². The van der Waals surface area contributed by atoms with Gasteiger partial charge in [0.05, 0.1) is 13.1 Å². The van der Waals surface area contributed by atoms with Crippen molar-refractivity contribution in [2.24, 2.45) is 5.73 Å². The molecule has 1 aliphatic heterocycles. The average molecular weight is 321 g/mol. The maximum Gasteiger partial charge on any atom is 0.240 e. The number of nitrogens with zero attached hydrogens (tertiary/aromatic N) is 3. The first-order valence-electron chi connectivity index (χ1n) is 7.67. The van der Waals surface area contributed by atoms with Gasteiger partial charge >= 0.3 is 0 Å². The summed E-state index contributed by atoms with van der Waals surface area (Å²) in [5.74, 6) is 1.23. The van der Waals surface area contributed by atoms with Crippen LogP contribution >= 0.6 is 12.4 Å². The van der Waals surface area contributed by atoms with Crippen LogP contribution in [0.3, 0.4) is 0 Å². The molecule has 4 rings (SSSR count). The number of fused-ring (bicyclic) bond motifs is 2. The molecule has 5 nitrogen and oxygen atoms in total. The Kier molecular flexibility index (Phi) is 4.10. The number of para-hydroxylation sites is 1. The predicted molar refractivity (Wildman–Crippen MR) is 87.1 cm³/mol. The normalized spacial score (nSPS) is 18.5. The first kappa shape index (κ1) is 15.3. The molecule has 1 aromatic heterocycles. The van der Waals surface area contributed by atoms with Crippen LogP contribution in [0.25, 0.3) is 0 Å². The molecule has 2 N–H and O–H groups in total. The first-order chi connectivity index (χ1) is 10.3. The summed E-state index contributed by atoms with van der Waals surface area (Å²) in [7, 11) is 0. The molecule has 2 aliphatic rings. The van der Waals surface area contributed by atoms with Gasteiger partial charge in [0.2, 0.25) is 5.89 Å². The third-order valence-corrected chi connectivity index (χ3v) is 4.89. The molecule has 0 atom stereocenters. The Morgan fingerprint density at radius 1 is 1.23 bits per heavy atom. The van der Waals surface area contributed by atoms with Crippen LogP contribution in [0.1, 0.15) is 43.0 Å². The van der Waals surface area contributed by atoms with Crippen molar-refractivity contribution in [3.05, 3.63) is 41.5 Å². The molecular weight excluding hydrogens is 300 g/mol. The highest BCUT2D eigenvalue weighted by Gasteiger charge is 2.44. The van der Waals surface area contributed by atoms with E-state index in [1.165, 1.54) is 36.9 Å². The van der Waals surface area contributed by atoms with E-state index in [-0.39, 0.29) is 12.4 Å². The maximum absolute atomic E-state index is 5.53. The second-order valence-corrected chi connectivity index (χ2v) is 6.17. The zero-order valence-electron chi connectivity index (χ0n) is 12.5. The molecule has 0 bridgehead atoms. The van der Waals surface area contributed by atoms with E-state index in [4.69, 9.17) is 10.3 Å². The number of rotatable bonds is 3. The van der Waals surface area contributed by atoms with E-state index >= 15 is 0 Å². The lowest BCUT2D eigenvalue weighted by molar-refractivity contribution is 0.373. The van der Waals surface area contributed by atoms with Crippen LogP contribution in [0.5, 0.6) is 0 Å². The molecular formula is C16H21ClN4O. The third kappa shape index (κ3) is 2.38. The quantitative estimate of drug-likeness (QED) is 0.941. The van der Waals surface area contributed by atoms with Crippen molar-refractivity contribution in [2.75, 3.05) is 11.4 Å². The van der Waals surface area contributed by atoms with E-state index < -0.39 is 0 Å². The lowest BCUT2D eigenvalue weighted by Crippen LogP contribution is -2.31. The SMILES string of the molecule is Cl.NCc1nc(CN2CC3(CCCC3)c3ccccc32)no1. The van der Waals surface area contributed by atoms with Gasteiger partial charge in [0.25, 0.3) is 0 Å². The van der Waals surface area contributed by atoms with Crippen LogP contribution in [0.15, 0.2) is 28.8 Å². The molecule has 118 valence electrons. The van der Waals surface area contributed by atoms with Gasteiger partial charge in [-0.25, -0.2) is 0 Å². The number of anilines is 1. The van der Waals surface area contributed by atoms with Gasteiger partial charge in [-0.05, 0) is 24.5 Å². The summed E-state index contributed by atoms with van der Waals surface area (Å²) in [6.07, 6.45) is 5.25. The number of aromatic nitrogens is 2. The summed E-state index contributed by atoms with van der Waals surface area (Å²) < 4.78 is 5.12. The fourth-order valence-electron chi connectivity index (χ4n) is 3.96. The van der Waals surface area contributed by atoms with Gasteiger partial charge < -0.3 is 15.2 Å². The number of halogens is 1. The maximum atomic E-state index is 5.53. The molecule has 1 aliphatic carbocycles. The second-order valence-electron chi connectivity index (χ2n) is 6.17. The minimum absolute atomic E-state index is 0. The van der Waals surface area contributed by atoms with Crippen LogP contribution in [0.4, 0.5) is 5.69 Å². The Morgan fingerprint density at radius 3 is 2.73 bits per heavy atom. The van der Waals surface area contributed by atoms with E-state index in [9.17, 15) is 0 Å². The number of hydrogen-bond acceptors (Lipinski definition) is 5. The number of nitrogens with two attached hydrogens (primary N) is 1. The van der Waals surface area contributed by atoms with E-state index in [1.807, 2.05) is 0 Å². The molecule has 2 heterocycles. The average Bonchev–Trinajstić information content (AvgIpc) is 3.22. The van der Waals surface area contributed by atoms with Crippen molar-refractivity contribution in [1.29, 1.82) is 0 Å². The summed E-state index contributed by atoms with van der Waals surface area (Å²) in [4.78, 5) is 6.73. The molecule has 22 heavy (non-hydrogen) atoms. The van der Waals surface area contributed by atoms with E-state index in [0.29, 0.717) is 24.4 Å². The van der Waals surface area contributed by atoms with Gasteiger partial charge in [-0.2, -0.15) is 4.98 Å². The first-order valence-corrected chi connectivity index (χ1v) is 7.67. The van der Waals surface area contributed by atoms with Crippen molar-refractivity contribution < 1.29 is 4.52 Å². The molecule has 6 heteroatoms. The number of hydrogen-bond donors (Lipinski definition) is 1. The third-order valence-electron chi connectivity index (χ3n) is 4.89. The molecule has 0 radical (unpaired) electrons. The molecule has 0 saturated heterocycles. The van der Waals surface area contributed by atoms with Crippen LogP contribution in [-0.4, -0.2) is 16.7 Å². The van der Waals surface area contributed by atoms with Gasteiger partial charge in [-0.1, -0.05) is 36.2 Å². The molecule has 1 fully saturated rings. The van der Waals surface area contributed by atoms with Crippen molar-refractivity contribution >= 4 is 18.1 Å². The van der Waals surface area contributed by atoms with Crippen molar-refractivity contribution in [3.8, 4) is 0 Å². The smallest absolute Gasteiger partial charge is 0.240 e. The second kappa shape index (κ2) is 5.89. The molecule has 0 unspecified atom stereocenters. The Balaban J connectivity index is 0.00000144. The molecule has 0 amide bonds. The predicted octanol–water partition coefficient (Wildman–Crippen LogP) is 2.78. The van der Waals surface area contributed by atoms with Crippen LogP contribution in [0.2, 0.25) is 0 Å². The fourth-order valence-corrected chi connectivity index (χ4v) is 3.96. The van der Waals surface area contributed by atoms with Crippen molar-refractivity contribution in [2.45, 2.75) is 44.2 Å². The fraction of sp³-hybridized carbons (Fsp3) is 0.500.